The number of ether oxygens (including phenoxy) is 1. The molecule has 1 aromatic heterocycles. The molecule has 0 fully saturated rings. The molecule has 2 aromatic carbocycles. The third-order valence-corrected chi connectivity index (χ3v) is 5.46. The normalized spacial score (nSPS) is 11.4. The summed E-state index contributed by atoms with van der Waals surface area (Å²) in [7, 11) is 0. The van der Waals surface area contributed by atoms with E-state index in [1.54, 1.807) is 12.1 Å². The summed E-state index contributed by atoms with van der Waals surface area (Å²) < 4.78 is 45.5. The first kappa shape index (κ1) is 24.2. The molecule has 174 valence electrons. The molecule has 0 saturated carbocycles. The monoisotopic (exact) mass is 526 g/mol. The van der Waals surface area contributed by atoms with Crippen molar-refractivity contribution in [1.82, 2.24) is 9.78 Å². The molecule has 0 saturated heterocycles. The molecule has 0 atom stereocenters. The van der Waals surface area contributed by atoms with Crippen molar-refractivity contribution in [2.24, 2.45) is 0 Å². The zero-order valence-electron chi connectivity index (χ0n) is 17.7. The number of nitro benzene ring substituents is 1. The summed E-state index contributed by atoms with van der Waals surface area (Å²) in [6.07, 6.45) is -4.69. The number of non-ortho nitro benzene ring substituents is 1. The number of nitrogens with zero attached hydrogens (tertiary/aromatic N) is 3. The standard InChI is InChI=1S/C21H18BrF3N4O4/c1-11-4-12(2)6-16(5-11)33-17-8-14(7-15(9-17)29(31)32)26-18(30)10-28-13(3)19(22)20(27-28)21(23,24)25/h4-9H,10H2,1-3H3,(H,26,30). The highest BCUT2D eigenvalue weighted by atomic mass is 79.9. The van der Waals surface area contributed by atoms with Gasteiger partial charge in [-0.15, -0.1) is 0 Å². The summed E-state index contributed by atoms with van der Waals surface area (Å²) >= 11 is 2.84. The molecule has 0 aliphatic heterocycles. The maximum Gasteiger partial charge on any atom is 0.436 e. The van der Waals surface area contributed by atoms with Crippen molar-refractivity contribution in [3.05, 3.63) is 73.5 Å². The van der Waals surface area contributed by atoms with Gasteiger partial charge in [0.2, 0.25) is 5.91 Å². The fraction of sp³-hybridized carbons (Fsp3) is 0.238. The Hall–Kier alpha value is -3.41. The van der Waals surface area contributed by atoms with Crippen LogP contribution < -0.4 is 10.1 Å². The number of nitrogens with one attached hydrogen (secondary N) is 1. The smallest absolute Gasteiger partial charge is 0.436 e. The van der Waals surface area contributed by atoms with Crippen LogP contribution in [0.25, 0.3) is 0 Å². The van der Waals surface area contributed by atoms with Gasteiger partial charge < -0.3 is 10.1 Å². The molecule has 0 aliphatic rings. The second-order valence-corrected chi connectivity index (χ2v) is 8.14. The van der Waals surface area contributed by atoms with Gasteiger partial charge in [0.1, 0.15) is 18.0 Å². The van der Waals surface area contributed by atoms with E-state index in [0.717, 1.165) is 21.9 Å². The Balaban J connectivity index is 1.84. The van der Waals surface area contributed by atoms with E-state index in [9.17, 15) is 28.1 Å². The van der Waals surface area contributed by atoms with Crippen LogP contribution in [-0.2, 0) is 17.5 Å². The number of hydrogen-bond acceptors (Lipinski definition) is 5. The highest BCUT2D eigenvalue weighted by molar-refractivity contribution is 9.10. The van der Waals surface area contributed by atoms with Gasteiger partial charge in [0.15, 0.2) is 5.69 Å². The lowest BCUT2D eigenvalue weighted by Crippen LogP contribution is -2.21. The van der Waals surface area contributed by atoms with Gasteiger partial charge >= 0.3 is 6.18 Å². The lowest BCUT2D eigenvalue weighted by Gasteiger charge is -2.11. The molecule has 1 amide bonds. The predicted molar refractivity (Wildman–Crippen MR) is 117 cm³/mol. The number of halogens is 4. The van der Waals surface area contributed by atoms with E-state index in [-0.39, 0.29) is 27.3 Å². The Morgan fingerprint density at radius 1 is 1.12 bits per heavy atom. The van der Waals surface area contributed by atoms with Crippen LogP contribution in [0.1, 0.15) is 22.5 Å². The summed E-state index contributed by atoms with van der Waals surface area (Å²) in [6.45, 7) is 4.59. The first-order chi connectivity index (χ1) is 15.3. The van der Waals surface area contributed by atoms with Crippen molar-refractivity contribution in [3.63, 3.8) is 0 Å². The molecule has 0 spiro atoms. The maximum absolute atomic E-state index is 13.0. The van der Waals surface area contributed by atoms with Gasteiger partial charge in [0, 0.05) is 12.1 Å². The lowest BCUT2D eigenvalue weighted by atomic mass is 10.1. The van der Waals surface area contributed by atoms with Gasteiger partial charge in [-0.25, -0.2) is 0 Å². The van der Waals surface area contributed by atoms with Gasteiger partial charge in [-0.2, -0.15) is 18.3 Å². The van der Waals surface area contributed by atoms with E-state index in [1.165, 1.54) is 19.1 Å². The number of benzene rings is 2. The van der Waals surface area contributed by atoms with E-state index in [2.05, 4.69) is 26.3 Å². The predicted octanol–water partition coefficient (Wildman–Crippen LogP) is 5.93. The maximum atomic E-state index is 13.0. The minimum atomic E-state index is -4.69. The minimum absolute atomic E-state index is 0.0495. The summed E-state index contributed by atoms with van der Waals surface area (Å²) in [5.41, 5.74) is 0.548. The van der Waals surface area contributed by atoms with Gasteiger partial charge in [-0.1, -0.05) is 6.07 Å². The molecular formula is C21H18BrF3N4O4. The van der Waals surface area contributed by atoms with E-state index in [0.29, 0.717) is 5.75 Å². The van der Waals surface area contributed by atoms with E-state index in [4.69, 9.17) is 4.74 Å². The summed E-state index contributed by atoms with van der Waals surface area (Å²) in [6, 6.07) is 9.15. The summed E-state index contributed by atoms with van der Waals surface area (Å²) in [5, 5.41) is 17.2. The van der Waals surface area contributed by atoms with Gasteiger partial charge in [-0.3, -0.25) is 19.6 Å². The molecule has 1 heterocycles. The molecule has 1 N–H and O–H groups in total. The SMILES string of the molecule is Cc1cc(C)cc(Oc2cc(NC(=O)Cn3nc(C(F)(F)F)c(Br)c3C)cc([N+](=O)[O-])c2)c1. The fourth-order valence-electron chi connectivity index (χ4n) is 3.14. The number of hydrogen-bond donors (Lipinski definition) is 1. The van der Waals surface area contributed by atoms with Crippen LogP contribution in [0.15, 0.2) is 40.9 Å². The first-order valence-corrected chi connectivity index (χ1v) is 10.3. The van der Waals surface area contributed by atoms with E-state index < -0.39 is 29.2 Å². The second kappa shape index (κ2) is 9.22. The van der Waals surface area contributed by atoms with Crippen LogP contribution >= 0.6 is 15.9 Å². The van der Waals surface area contributed by atoms with Gasteiger partial charge in [0.25, 0.3) is 5.69 Å². The molecule has 0 bridgehead atoms. The third kappa shape index (κ3) is 5.89. The van der Waals surface area contributed by atoms with Crippen molar-refractivity contribution < 1.29 is 27.6 Å². The Morgan fingerprint density at radius 2 is 1.73 bits per heavy atom. The molecule has 12 heteroatoms. The number of amides is 1. The Morgan fingerprint density at radius 3 is 2.27 bits per heavy atom. The average molecular weight is 527 g/mol. The van der Waals surface area contributed by atoms with Crippen molar-refractivity contribution in [2.45, 2.75) is 33.5 Å². The van der Waals surface area contributed by atoms with E-state index >= 15 is 0 Å². The van der Waals surface area contributed by atoms with Crippen LogP contribution in [0.3, 0.4) is 0 Å². The Bertz CT molecular complexity index is 1220. The van der Waals surface area contributed by atoms with Gasteiger partial charge in [-0.05, 0) is 60.0 Å². The molecule has 3 aromatic rings. The average Bonchev–Trinajstić information content (AvgIpc) is 2.95. The third-order valence-electron chi connectivity index (χ3n) is 4.51. The minimum Gasteiger partial charge on any atom is -0.457 e. The summed E-state index contributed by atoms with van der Waals surface area (Å²) in [5.74, 6) is -0.150. The zero-order chi connectivity index (χ0) is 24.5. The Kier molecular flexibility index (Phi) is 6.77. The zero-order valence-corrected chi connectivity index (χ0v) is 19.2. The van der Waals surface area contributed by atoms with Crippen molar-refractivity contribution >= 4 is 33.2 Å². The van der Waals surface area contributed by atoms with Crippen molar-refractivity contribution in [3.8, 4) is 11.5 Å². The van der Waals surface area contributed by atoms with E-state index in [1.807, 2.05) is 19.9 Å². The number of aryl methyl sites for hydroxylation is 2. The van der Waals surface area contributed by atoms with Crippen LogP contribution in [0.2, 0.25) is 0 Å². The molecule has 3 rings (SSSR count). The number of alkyl halides is 3. The van der Waals surface area contributed by atoms with Crippen molar-refractivity contribution in [2.75, 3.05) is 5.32 Å². The number of nitro groups is 1. The molecule has 0 radical (unpaired) electrons. The van der Waals surface area contributed by atoms with Crippen LogP contribution in [0.5, 0.6) is 11.5 Å². The largest absolute Gasteiger partial charge is 0.457 e. The summed E-state index contributed by atoms with van der Waals surface area (Å²) in [4.78, 5) is 23.2. The topological polar surface area (TPSA) is 99.3 Å². The first-order valence-electron chi connectivity index (χ1n) is 9.49. The number of rotatable bonds is 6. The molecule has 8 nitrogen and oxygen atoms in total. The molecule has 0 unspecified atom stereocenters. The number of carbonyl (C=O) groups excluding carboxylic acids is 1. The lowest BCUT2D eigenvalue weighted by molar-refractivity contribution is -0.384. The fourth-order valence-corrected chi connectivity index (χ4v) is 3.65. The number of aromatic nitrogens is 2. The molecular weight excluding hydrogens is 509 g/mol. The Labute approximate surface area is 194 Å². The van der Waals surface area contributed by atoms with Crippen LogP contribution in [0, 0.1) is 30.9 Å². The van der Waals surface area contributed by atoms with Crippen LogP contribution in [0.4, 0.5) is 24.5 Å². The second-order valence-electron chi connectivity index (χ2n) is 7.35. The number of anilines is 1. The van der Waals surface area contributed by atoms with Crippen molar-refractivity contribution in [1.29, 1.82) is 0 Å². The number of carbonyl (C=O) groups is 1. The molecule has 0 aliphatic carbocycles. The highest BCUT2D eigenvalue weighted by Crippen LogP contribution is 2.35. The quantitative estimate of drug-likeness (QED) is 0.317. The van der Waals surface area contributed by atoms with Gasteiger partial charge in [0.05, 0.1) is 26.8 Å². The molecule has 33 heavy (non-hydrogen) atoms. The van der Waals surface area contributed by atoms with Crippen LogP contribution in [-0.4, -0.2) is 20.6 Å². The highest BCUT2D eigenvalue weighted by Gasteiger charge is 2.38.